The van der Waals surface area contributed by atoms with E-state index in [0.717, 1.165) is 41.1 Å². The molecule has 0 saturated heterocycles. The predicted molar refractivity (Wildman–Crippen MR) is 116 cm³/mol. The second-order valence-corrected chi connectivity index (χ2v) is 6.60. The van der Waals surface area contributed by atoms with E-state index in [0.29, 0.717) is 24.0 Å². The normalized spacial score (nSPS) is 10.5. The Morgan fingerprint density at radius 1 is 1.00 bits per heavy atom. The molecule has 0 aliphatic carbocycles. The van der Waals surface area contributed by atoms with Gasteiger partial charge in [-0.3, -0.25) is 4.79 Å². The highest BCUT2D eigenvalue weighted by molar-refractivity contribution is 6.32. The summed E-state index contributed by atoms with van der Waals surface area (Å²) in [5, 5.41) is 6.85. The van der Waals surface area contributed by atoms with Crippen molar-refractivity contribution in [3.05, 3.63) is 46.5 Å². The van der Waals surface area contributed by atoms with E-state index in [1.54, 1.807) is 0 Å². The Labute approximate surface area is 172 Å². The van der Waals surface area contributed by atoms with E-state index >= 15 is 0 Å². The standard InChI is InChI=1S/C22H29ClN2O3/c1-5-15-9-11-18(23)17(6-2)22(15)25-21(26)14-24-19-13-16(27-7-3)10-12-20(19)28-8-4/h9-13,24H,5-8,14H2,1-4H3,(H,25,26). The molecule has 0 aromatic heterocycles. The molecule has 0 bridgehead atoms. The SMILES string of the molecule is CCOc1ccc(OCC)c(NCC(=O)Nc2c(CC)ccc(Cl)c2CC)c1. The van der Waals surface area contributed by atoms with Gasteiger partial charge in [-0.15, -0.1) is 0 Å². The Hall–Kier alpha value is -2.40. The monoisotopic (exact) mass is 404 g/mol. The summed E-state index contributed by atoms with van der Waals surface area (Å²) in [4.78, 5) is 12.6. The number of hydrogen-bond donors (Lipinski definition) is 2. The number of aryl methyl sites for hydroxylation is 1. The van der Waals surface area contributed by atoms with Crippen molar-refractivity contribution in [2.75, 3.05) is 30.4 Å². The third kappa shape index (κ3) is 5.55. The van der Waals surface area contributed by atoms with E-state index in [2.05, 4.69) is 17.6 Å². The Kier molecular flexibility index (Phi) is 8.45. The number of ether oxygens (including phenoxy) is 2. The molecule has 0 aliphatic heterocycles. The lowest BCUT2D eigenvalue weighted by molar-refractivity contribution is -0.114. The molecule has 0 spiro atoms. The molecule has 0 atom stereocenters. The summed E-state index contributed by atoms with van der Waals surface area (Å²) in [7, 11) is 0. The van der Waals surface area contributed by atoms with Gasteiger partial charge in [0, 0.05) is 16.8 Å². The highest BCUT2D eigenvalue weighted by Gasteiger charge is 2.14. The molecule has 0 saturated carbocycles. The largest absolute Gasteiger partial charge is 0.494 e. The fourth-order valence-corrected chi connectivity index (χ4v) is 3.30. The van der Waals surface area contributed by atoms with E-state index < -0.39 is 0 Å². The molecule has 2 aromatic carbocycles. The molecule has 152 valence electrons. The maximum Gasteiger partial charge on any atom is 0.243 e. The van der Waals surface area contributed by atoms with Crippen LogP contribution in [0.15, 0.2) is 30.3 Å². The van der Waals surface area contributed by atoms with E-state index in [4.69, 9.17) is 21.1 Å². The quantitative estimate of drug-likeness (QED) is 0.563. The van der Waals surface area contributed by atoms with Crippen LogP contribution in [0.2, 0.25) is 5.02 Å². The minimum Gasteiger partial charge on any atom is -0.494 e. The number of halogens is 1. The van der Waals surface area contributed by atoms with Crippen LogP contribution in [0.25, 0.3) is 0 Å². The van der Waals surface area contributed by atoms with Crippen LogP contribution in [0.4, 0.5) is 11.4 Å². The van der Waals surface area contributed by atoms with Crippen molar-refractivity contribution in [3.63, 3.8) is 0 Å². The predicted octanol–water partition coefficient (Wildman–Crippen LogP) is 5.31. The van der Waals surface area contributed by atoms with Crippen molar-refractivity contribution in [2.45, 2.75) is 40.5 Å². The fraction of sp³-hybridized carbons (Fsp3) is 0.409. The van der Waals surface area contributed by atoms with E-state index in [-0.39, 0.29) is 12.5 Å². The smallest absolute Gasteiger partial charge is 0.243 e. The summed E-state index contributed by atoms with van der Waals surface area (Å²) < 4.78 is 11.2. The van der Waals surface area contributed by atoms with Gasteiger partial charge in [-0.25, -0.2) is 0 Å². The van der Waals surface area contributed by atoms with Crippen LogP contribution in [0.1, 0.15) is 38.8 Å². The summed E-state index contributed by atoms with van der Waals surface area (Å²) in [5.74, 6) is 1.27. The van der Waals surface area contributed by atoms with Crippen molar-refractivity contribution >= 4 is 28.9 Å². The zero-order valence-electron chi connectivity index (χ0n) is 17.0. The van der Waals surface area contributed by atoms with Gasteiger partial charge in [0.05, 0.1) is 25.4 Å². The van der Waals surface area contributed by atoms with E-state index in [9.17, 15) is 4.79 Å². The van der Waals surface area contributed by atoms with Crippen LogP contribution in [-0.2, 0) is 17.6 Å². The molecule has 6 heteroatoms. The average molecular weight is 405 g/mol. The lowest BCUT2D eigenvalue weighted by atomic mass is 10.0. The highest BCUT2D eigenvalue weighted by Crippen LogP contribution is 2.31. The first-order valence-corrected chi connectivity index (χ1v) is 10.1. The van der Waals surface area contributed by atoms with Crippen molar-refractivity contribution in [2.24, 2.45) is 0 Å². The van der Waals surface area contributed by atoms with Gasteiger partial charge in [0.25, 0.3) is 0 Å². The topological polar surface area (TPSA) is 59.6 Å². The van der Waals surface area contributed by atoms with Crippen molar-refractivity contribution < 1.29 is 14.3 Å². The Morgan fingerprint density at radius 2 is 1.75 bits per heavy atom. The molecule has 0 fully saturated rings. The number of carbonyl (C=O) groups is 1. The van der Waals surface area contributed by atoms with E-state index in [1.165, 1.54) is 0 Å². The molecule has 0 radical (unpaired) electrons. The first kappa shape index (κ1) is 21.9. The molecule has 0 heterocycles. The summed E-state index contributed by atoms with van der Waals surface area (Å²) in [5.41, 5.74) is 3.57. The lowest BCUT2D eigenvalue weighted by Gasteiger charge is -2.17. The number of anilines is 2. The van der Waals surface area contributed by atoms with Gasteiger partial charge in [0.1, 0.15) is 11.5 Å². The van der Waals surface area contributed by atoms with Gasteiger partial charge in [0.2, 0.25) is 5.91 Å². The maximum absolute atomic E-state index is 12.6. The zero-order chi connectivity index (χ0) is 20.5. The molecule has 2 N–H and O–H groups in total. The number of carbonyl (C=O) groups excluding carboxylic acids is 1. The number of amides is 1. The number of rotatable bonds is 10. The number of hydrogen-bond acceptors (Lipinski definition) is 4. The van der Waals surface area contributed by atoms with E-state index in [1.807, 2.05) is 51.1 Å². The molecule has 2 aromatic rings. The molecule has 2 rings (SSSR count). The summed E-state index contributed by atoms with van der Waals surface area (Å²) in [6.07, 6.45) is 1.57. The Balaban J connectivity index is 2.15. The van der Waals surface area contributed by atoms with Gasteiger partial charge in [0.15, 0.2) is 0 Å². The highest BCUT2D eigenvalue weighted by atomic mass is 35.5. The third-order valence-electron chi connectivity index (χ3n) is 4.34. The molecule has 5 nitrogen and oxygen atoms in total. The number of benzene rings is 2. The summed E-state index contributed by atoms with van der Waals surface area (Å²) in [6.45, 7) is 9.16. The van der Waals surface area contributed by atoms with Crippen LogP contribution in [0, 0.1) is 0 Å². The minimum atomic E-state index is -0.143. The maximum atomic E-state index is 12.6. The van der Waals surface area contributed by atoms with Crippen LogP contribution >= 0.6 is 11.6 Å². The Bertz CT molecular complexity index is 809. The zero-order valence-corrected chi connectivity index (χ0v) is 17.8. The van der Waals surface area contributed by atoms with Gasteiger partial charge in [-0.05, 0) is 56.0 Å². The van der Waals surface area contributed by atoms with Crippen LogP contribution in [0.5, 0.6) is 11.5 Å². The summed E-state index contributed by atoms with van der Waals surface area (Å²) >= 11 is 6.32. The van der Waals surface area contributed by atoms with Crippen LogP contribution < -0.4 is 20.1 Å². The number of nitrogens with one attached hydrogen (secondary N) is 2. The van der Waals surface area contributed by atoms with Crippen LogP contribution in [-0.4, -0.2) is 25.7 Å². The van der Waals surface area contributed by atoms with Crippen molar-refractivity contribution in [1.29, 1.82) is 0 Å². The molecule has 1 amide bonds. The second-order valence-electron chi connectivity index (χ2n) is 6.19. The van der Waals surface area contributed by atoms with Crippen molar-refractivity contribution in [3.8, 4) is 11.5 Å². The van der Waals surface area contributed by atoms with Gasteiger partial charge in [-0.1, -0.05) is 31.5 Å². The molecule has 0 aliphatic rings. The Morgan fingerprint density at radius 3 is 2.39 bits per heavy atom. The molecular weight excluding hydrogens is 376 g/mol. The molecule has 28 heavy (non-hydrogen) atoms. The van der Waals surface area contributed by atoms with Gasteiger partial charge in [-0.2, -0.15) is 0 Å². The van der Waals surface area contributed by atoms with Gasteiger partial charge < -0.3 is 20.1 Å². The minimum absolute atomic E-state index is 0.106. The first-order valence-electron chi connectivity index (χ1n) is 9.77. The summed E-state index contributed by atoms with van der Waals surface area (Å²) in [6, 6.07) is 9.39. The van der Waals surface area contributed by atoms with Gasteiger partial charge >= 0.3 is 0 Å². The average Bonchev–Trinajstić information content (AvgIpc) is 2.69. The molecular formula is C22H29ClN2O3. The molecule has 0 unspecified atom stereocenters. The van der Waals surface area contributed by atoms with Crippen molar-refractivity contribution in [1.82, 2.24) is 0 Å². The second kappa shape index (κ2) is 10.8. The fourth-order valence-electron chi connectivity index (χ4n) is 3.01. The lowest BCUT2D eigenvalue weighted by Crippen LogP contribution is -2.23. The first-order chi connectivity index (χ1) is 13.5. The van der Waals surface area contributed by atoms with Crippen LogP contribution in [0.3, 0.4) is 0 Å². The third-order valence-corrected chi connectivity index (χ3v) is 4.70.